The summed E-state index contributed by atoms with van der Waals surface area (Å²) in [6, 6.07) is 9.77. The summed E-state index contributed by atoms with van der Waals surface area (Å²) >= 11 is 0. The molecule has 40 heavy (non-hydrogen) atoms. The normalized spacial score (nSPS) is 18.4. The molecule has 1 aliphatic heterocycles. The van der Waals surface area contributed by atoms with Crippen LogP contribution >= 0.6 is 0 Å². The minimum absolute atomic E-state index is 0.0814. The first-order valence-corrected chi connectivity index (χ1v) is 14.2. The largest absolute Gasteiger partial charge is 0.493 e. The number of halogens is 3. The van der Waals surface area contributed by atoms with Gasteiger partial charge in [0.05, 0.1) is 19.8 Å². The molecule has 1 saturated carbocycles. The summed E-state index contributed by atoms with van der Waals surface area (Å²) in [7, 11) is 4.88. The van der Waals surface area contributed by atoms with Crippen LogP contribution in [0.2, 0.25) is 0 Å². The number of piperazine rings is 1. The van der Waals surface area contributed by atoms with Crippen LogP contribution in [0.5, 0.6) is 11.5 Å². The lowest BCUT2D eigenvalue weighted by Crippen LogP contribution is -2.54. The zero-order chi connectivity index (χ0) is 28.9. The molecule has 1 amide bonds. The maximum atomic E-state index is 14.0. The molecule has 4 rings (SSSR count). The van der Waals surface area contributed by atoms with Crippen LogP contribution in [-0.2, 0) is 17.4 Å². The number of carbonyl (C=O) groups excluding carboxylic acids is 1. The number of ether oxygens (including phenoxy) is 2. The van der Waals surface area contributed by atoms with Crippen molar-refractivity contribution in [3.05, 3.63) is 58.7 Å². The van der Waals surface area contributed by atoms with Crippen molar-refractivity contribution in [2.24, 2.45) is 0 Å². The van der Waals surface area contributed by atoms with Gasteiger partial charge in [0.25, 0.3) is 0 Å². The molecule has 0 N–H and O–H groups in total. The van der Waals surface area contributed by atoms with Crippen molar-refractivity contribution in [2.45, 2.75) is 63.7 Å². The molecular weight excluding hydrogens is 519 g/mol. The Kier molecular flexibility index (Phi) is 10.0. The third-order valence-corrected chi connectivity index (χ3v) is 8.34. The Balaban J connectivity index is 1.52. The number of methoxy groups -OCH3 is 2. The van der Waals surface area contributed by atoms with Gasteiger partial charge in [-0.3, -0.25) is 14.6 Å². The summed E-state index contributed by atoms with van der Waals surface area (Å²) in [5, 5.41) is 0. The Bertz CT molecular complexity index is 1140. The number of nitrogens with zero attached hydrogens (tertiary/aromatic N) is 3. The Morgan fingerprint density at radius 3 is 2.27 bits per heavy atom. The van der Waals surface area contributed by atoms with E-state index >= 15 is 0 Å². The number of benzene rings is 2. The molecule has 2 aromatic rings. The van der Waals surface area contributed by atoms with Gasteiger partial charge in [0, 0.05) is 45.8 Å². The molecule has 2 aliphatic rings. The monoisotopic (exact) mass is 561 g/mol. The van der Waals surface area contributed by atoms with E-state index in [1.54, 1.807) is 39.2 Å². The number of aryl methyl sites for hydroxylation is 1. The van der Waals surface area contributed by atoms with E-state index in [-0.39, 0.29) is 5.91 Å². The average molecular weight is 562 g/mol. The second-order valence-corrected chi connectivity index (χ2v) is 11.1. The van der Waals surface area contributed by atoms with Crippen molar-refractivity contribution >= 4 is 5.91 Å². The number of carbonyl (C=O) groups is 1. The Morgan fingerprint density at radius 1 is 0.975 bits per heavy atom. The molecule has 9 heteroatoms. The van der Waals surface area contributed by atoms with Crippen molar-refractivity contribution in [3.63, 3.8) is 0 Å². The minimum Gasteiger partial charge on any atom is -0.493 e. The molecule has 0 aromatic heterocycles. The van der Waals surface area contributed by atoms with E-state index in [1.807, 2.05) is 18.2 Å². The van der Waals surface area contributed by atoms with Gasteiger partial charge in [-0.05, 0) is 61.6 Å². The second kappa shape index (κ2) is 13.3. The maximum Gasteiger partial charge on any atom is 0.416 e. The lowest BCUT2D eigenvalue weighted by atomic mass is 9.93. The van der Waals surface area contributed by atoms with Gasteiger partial charge in [0.2, 0.25) is 5.91 Å². The number of hydrogen-bond acceptors (Lipinski definition) is 5. The first-order valence-electron chi connectivity index (χ1n) is 14.2. The van der Waals surface area contributed by atoms with E-state index in [0.717, 1.165) is 37.8 Å². The van der Waals surface area contributed by atoms with Crippen LogP contribution in [0.3, 0.4) is 0 Å². The average Bonchev–Trinajstić information content (AvgIpc) is 2.96. The van der Waals surface area contributed by atoms with E-state index in [2.05, 4.69) is 9.80 Å². The Labute approximate surface area is 236 Å². The fraction of sp³-hybridized carbons (Fsp3) is 0.581. The fourth-order valence-electron chi connectivity index (χ4n) is 6.13. The molecule has 2 aromatic carbocycles. The van der Waals surface area contributed by atoms with Crippen molar-refractivity contribution < 1.29 is 27.4 Å². The smallest absolute Gasteiger partial charge is 0.416 e. The first kappa shape index (κ1) is 30.2. The van der Waals surface area contributed by atoms with Gasteiger partial charge in [-0.25, -0.2) is 0 Å². The van der Waals surface area contributed by atoms with Crippen LogP contribution in [0.15, 0.2) is 36.4 Å². The zero-order valence-electron chi connectivity index (χ0n) is 24.1. The van der Waals surface area contributed by atoms with Gasteiger partial charge in [-0.15, -0.1) is 0 Å². The van der Waals surface area contributed by atoms with Gasteiger partial charge in [-0.1, -0.05) is 37.0 Å². The molecular formula is C31H42F3N3O3. The third-order valence-electron chi connectivity index (χ3n) is 8.34. The highest BCUT2D eigenvalue weighted by Gasteiger charge is 2.35. The highest BCUT2D eigenvalue weighted by molar-refractivity contribution is 5.83. The van der Waals surface area contributed by atoms with Crippen LogP contribution in [0.1, 0.15) is 60.4 Å². The lowest BCUT2D eigenvalue weighted by Gasteiger charge is -2.43. The van der Waals surface area contributed by atoms with Crippen LogP contribution < -0.4 is 9.47 Å². The maximum absolute atomic E-state index is 14.0. The fourth-order valence-corrected chi connectivity index (χ4v) is 6.13. The van der Waals surface area contributed by atoms with Crippen LogP contribution in [0.25, 0.3) is 0 Å². The standard InChI is InChI=1S/C31H42F3N3O3/c1-22-18-23(20-25(19-22)31(32,33)34)12-13-35(2)30(38)29(24-10-11-27(39-3)28(21-24)40-4)37-16-14-36(15-17-37)26-8-6-5-7-9-26/h10-11,18-21,26,29H,5-9,12-17H2,1-4H3. The van der Waals surface area contributed by atoms with Crippen molar-refractivity contribution in [3.8, 4) is 11.5 Å². The highest BCUT2D eigenvalue weighted by Crippen LogP contribution is 2.34. The SMILES string of the molecule is COc1ccc(C(C(=O)N(C)CCc2cc(C)cc(C(F)(F)F)c2)N2CCN(C3CCCCC3)CC2)cc1OC. The highest BCUT2D eigenvalue weighted by atomic mass is 19.4. The topological polar surface area (TPSA) is 45.2 Å². The quantitative estimate of drug-likeness (QED) is 0.392. The van der Waals surface area contributed by atoms with E-state index in [4.69, 9.17) is 9.47 Å². The van der Waals surface area contributed by atoms with Crippen LogP contribution in [-0.4, -0.2) is 80.6 Å². The third kappa shape index (κ3) is 7.29. The van der Waals surface area contributed by atoms with Crippen LogP contribution in [0, 0.1) is 6.92 Å². The molecule has 0 spiro atoms. The predicted molar refractivity (Wildman–Crippen MR) is 150 cm³/mol. The second-order valence-electron chi connectivity index (χ2n) is 11.1. The van der Waals surface area contributed by atoms with Crippen molar-refractivity contribution in [2.75, 3.05) is 54.0 Å². The molecule has 1 unspecified atom stereocenters. The first-order chi connectivity index (χ1) is 19.1. The number of likely N-dealkylation sites (N-methyl/N-ethyl adjacent to an activating group) is 1. The predicted octanol–water partition coefficient (Wildman–Crippen LogP) is 5.72. The van der Waals surface area contributed by atoms with Gasteiger partial charge in [0.15, 0.2) is 11.5 Å². The summed E-state index contributed by atoms with van der Waals surface area (Å²) in [5.41, 5.74) is 1.28. The Hall–Kier alpha value is -2.78. The summed E-state index contributed by atoms with van der Waals surface area (Å²) in [6.45, 7) is 5.33. The van der Waals surface area contributed by atoms with E-state index < -0.39 is 17.8 Å². The summed E-state index contributed by atoms with van der Waals surface area (Å²) in [6.07, 6.45) is 2.31. The molecule has 6 nitrogen and oxygen atoms in total. The number of alkyl halides is 3. The minimum atomic E-state index is -4.40. The van der Waals surface area contributed by atoms with Crippen molar-refractivity contribution in [1.82, 2.24) is 14.7 Å². The molecule has 220 valence electrons. The summed E-state index contributed by atoms with van der Waals surface area (Å²) in [4.78, 5) is 20.5. The van der Waals surface area contributed by atoms with E-state index in [9.17, 15) is 18.0 Å². The van der Waals surface area contributed by atoms with Gasteiger partial charge >= 0.3 is 6.18 Å². The number of rotatable bonds is 9. The molecule has 1 heterocycles. The lowest BCUT2D eigenvalue weighted by molar-refractivity contribution is -0.138. The molecule has 1 atom stereocenters. The summed E-state index contributed by atoms with van der Waals surface area (Å²) < 4.78 is 51.0. The van der Waals surface area contributed by atoms with Gasteiger partial charge in [-0.2, -0.15) is 13.2 Å². The van der Waals surface area contributed by atoms with Crippen molar-refractivity contribution in [1.29, 1.82) is 0 Å². The number of hydrogen-bond donors (Lipinski definition) is 0. The van der Waals surface area contributed by atoms with E-state index in [1.165, 1.54) is 38.2 Å². The Morgan fingerprint density at radius 2 is 1.65 bits per heavy atom. The molecule has 0 bridgehead atoms. The molecule has 0 radical (unpaired) electrons. The van der Waals surface area contributed by atoms with Gasteiger partial charge < -0.3 is 14.4 Å². The van der Waals surface area contributed by atoms with E-state index in [0.29, 0.717) is 41.6 Å². The van der Waals surface area contributed by atoms with Crippen LogP contribution in [0.4, 0.5) is 13.2 Å². The molecule has 1 aliphatic carbocycles. The number of amides is 1. The van der Waals surface area contributed by atoms with Gasteiger partial charge in [0.1, 0.15) is 6.04 Å². The molecule has 2 fully saturated rings. The zero-order valence-corrected chi connectivity index (χ0v) is 24.1. The molecule has 1 saturated heterocycles. The summed E-state index contributed by atoms with van der Waals surface area (Å²) in [5.74, 6) is 1.07.